The first-order chi connectivity index (χ1) is 22.6. The summed E-state index contributed by atoms with van der Waals surface area (Å²) >= 11 is 0. The van der Waals surface area contributed by atoms with Crippen LogP contribution in [0.3, 0.4) is 0 Å². The summed E-state index contributed by atoms with van der Waals surface area (Å²) in [7, 11) is 3.09. The van der Waals surface area contributed by atoms with Crippen LogP contribution in [0.15, 0.2) is 48.5 Å². The monoisotopic (exact) mass is 645 g/mol. The van der Waals surface area contributed by atoms with Gasteiger partial charge in [-0.05, 0) is 78.8 Å². The van der Waals surface area contributed by atoms with Crippen LogP contribution >= 0.6 is 0 Å². The van der Waals surface area contributed by atoms with E-state index in [0.29, 0.717) is 52.2 Å². The molecular weight excluding hydrogens is 594 g/mol. The van der Waals surface area contributed by atoms with Crippen molar-refractivity contribution in [1.82, 2.24) is 15.2 Å². The molecule has 2 aromatic carbocycles. The number of methoxy groups -OCH3 is 2. The van der Waals surface area contributed by atoms with Gasteiger partial charge in [0.15, 0.2) is 5.78 Å². The topological polar surface area (TPSA) is 107 Å². The Hall–Kier alpha value is -3.98. The molecule has 0 spiro atoms. The Morgan fingerprint density at radius 3 is 2.26 bits per heavy atom. The maximum atomic E-state index is 14.2. The van der Waals surface area contributed by atoms with E-state index < -0.39 is 11.9 Å². The highest BCUT2D eigenvalue weighted by Gasteiger charge is 2.27. The van der Waals surface area contributed by atoms with E-state index in [-0.39, 0.29) is 37.1 Å². The van der Waals surface area contributed by atoms with E-state index in [1.54, 1.807) is 25.3 Å². The molecule has 1 saturated carbocycles. The van der Waals surface area contributed by atoms with Crippen LogP contribution in [0, 0.1) is 0 Å². The average Bonchev–Trinajstić information content (AvgIpc) is 3.07. The van der Waals surface area contributed by atoms with Gasteiger partial charge < -0.3 is 19.5 Å². The fourth-order valence-corrected chi connectivity index (χ4v) is 6.48. The fraction of sp³-hybridized carbons (Fsp3) is 0.526. The molecule has 1 amide bonds. The summed E-state index contributed by atoms with van der Waals surface area (Å²) in [4.78, 5) is 48.0. The Morgan fingerprint density at radius 2 is 1.62 bits per heavy atom. The smallest absolute Gasteiger partial charge is 0.306 e. The van der Waals surface area contributed by atoms with E-state index in [4.69, 9.17) is 19.2 Å². The summed E-state index contributed by atoms with van der Waals surface area (Å²) in [6, 6.07) is 14.6. The first kappa shape index (κ1) is 35.9. The zero-order chi connectivity index (χ0) is 33.9. The van der Waals surface area contributed by atoms with Crippen LogP contribution in [0.4, 0.5) is 0 Å². The van der Waals surface area contributed by atoms with Crippen molar-refractivity contribution in [3.63, 3.8) is 0 Å². The summed E-state index contributed by atoms with van der Waals surface area (Å²) in [5.74, 6) is 0.0941. The number of Topliss-reactive ketones (excluding diaryl/α,β-unsaturated/α-hetero) is 1. The minimum Gasteiger partial charge on any atom is -0.497 e. The summed E-state index contributed by atoms with van der Waals surface area (Å²) in [5.41, 5.74) is 2.28. The minimum atomic E-state index is -0.861. The number of pyridine rings is 1. The highest BCUT2D eigenvalue weighted by atomic mass is 16.5. The van der Waals surface area contributed by atoms with Crippen LogP contribution in [0.1, 0.15) is 95.8 Å². The lowest BCUT2D eigenvalue weighted by molar-refractivity contribution is -0.150. The third-order valence-corrected chi connectivity index (χ3v) is 8.96. The lowest BCUT2D eigenvalue weighted by Gasteiger charge is -2.30. The summed E-state index contributed by atoms with van der Waals surface area (Å²) < 4.78 is 16.9. The first-order valence-electron chi connectivity index (χ1n) is 17.0. The van der Waals surface area contributed by atoms with Gasteiger partial charge in [0.1, 0.15) is 17.6 Å². The van der Waals surface area contributed by atoms with Gasteiger partial charge in [-0.2, -0.15) is 0 Å². The van der Waals surface area contributed by atoms with Crippen molar-refractivity contribution in [2.45, 2.75) is 110 Å². The molecule has 1 unspecified atom stereocenters. The number of ketones is 1. The number of amides is 1. The number of nitrogens with one attached hydrogen (secondary N) is 1. The Bertz CT molecular complexity index is 1490. The van der Waals surface area contributed by atoms with Gasteiger partial charge in [-0.3, -0.25) is 19.3 Å². The van der Waals surface area contributed by atoms with Gasteiger partial charge in [-0.1, -0.05) is 36.8 Å². The van der Waals surface area contributed by atoms with Crippen molar-refractivity contribution < 1.29 is 28.6 Å². The molecule has 0 radical (unpaired) electrons. The molecule has 4 rings (SSSR count). The second kappa shape index (κ2) is 17.3. The summed E-state index contributed by atoms with van der Waals surface area (Å²) in [6.07, 6.45) is 6.09. The van der Waals surface area contributed by atoms with Crippen molar-refractivity contribution in [1.29, 1.82) is 0 Å². The van der Waals surface area contributed by atoms with Crippen molar-refractivity contribution in [3.05, 3.63) is 54.1 Å². The van der Waals surface area contributed by atoms with Crippen molar-refractivity contribution in [3.8, 4) is 22.8 Å². The second-order valence-corrected chi connectivity index (χ2v) is 13.0. The van der Waals surface area contributed by atoms with Crippen LogP contribution in [0.25, 0.3) is 22.2 Å². The van der Waals surface area contributed by atoms with Crippen LogP contribution in [0.2, 0.25) is 0 Å². The molecule has 1 atom stereocenters. The molecule has 1 aromatic heterocycles. The maximum Gasteiger partial charge on any atom is 0.306 e. The molecule has 1 aliphatic rings. The number of aromatic nitrogens is 1. The summed E-state index contributed by atoms with van der Waals surface area (Å²) in [6.45, 7) is 9.36. The Balaban J connectivity index is 1.62. The molecule has 0 bridgehead atoms. The lowest BCUT2D eigenvalue weighted by atomic mass is 9.97. The van der Waals surface area contributed by atoms with Gasteiger partial charge in [0.05, 0.1) is 42.4 Å². The number of rotatable bonds is 16. The van der Waals surface area contributed by atoms with Crippen molar-refractivity contribution >= 4 is 28.6 Å². The molecule has 1 aliphatic carbocycles. The standard InChI is InChI=1S/C38H51N3O6/c1-25(2)41(26(3)4)21-13-18-34(42)31(19-20-36(43)47-28-16-11-8-12-17-28)40-38(44)30-24-32(27-14-9-7-10-15-27)39-33-22-29(45-5)23-35(46-6)37(30)33/h7,9-10,14-15,22-26,28,31H,8,11-13,16-21H2,1-6H3,(H,40,44). The average molecular weight is 646 g/mol. The van der Waals surface area contributed by atoms with Crippen molar-refractivity contribution in [2.24, 2.45) is 0 Å². The molecule has 47 heavy (non-hydrogen) atoms. The lowest BCUT2D eigenvalue weighted by Crippen LogP contribution is -2.42. The fourth-order valence-electron chi connectivity index (χ4n) is 6.48. The molecule has 3 aromatic rings. The Labute approximate surface area is 279 Å². The molecular formula is C38H51N3O6. The first-order valence-corrected chi connectivity index (χ1v) is 17.0. The number of ether oxygens (including phenoxy) is 3. The van der Waals surface area contributed by atoms with Crippen LogP contribution in [-0.4, -0.2) is 72.5 Å². The molecule has 1 N–H and O–H groups in total. The third kappa shape index (κ3) is 9.76. The summed E-state index contributed by atoms with van der Waals surface area (Å²) in [5, 5.41) is 3.51. The molecule has 0 aliphatic heterocycles. The van der Waals surface area contributed by atoms with Gasteiger partial charge in [0.2, 0.25) is 0 Å². The van der Waals surface area contributed by atoms with Gasteiger partial charge in [-0.25, -0.2) is 4.98 Å². The number of esters is 1. The van der Waals surface area contributed by atoms with Crippen LogP contribution in [0.5, 0.6) is 11.5 Å². The number of carbonyl (C=O) groups is 3. The van der Waals surface area contributed by atoms with E-state index in [9.17, 15) is 14.4 Å². The number of hydrogen-bond acceptors (Lipinski definition) is 8. The number of carbonyl (C=O) groups excluding carboxylic acids is 3. The number of fused-ring (bicyclic) bond motifs is 1. The normalized spacial score (nSPS) is 14.4. The molecule has 1 fully saturated rings. The SMILES string of the molecule is COc1cc(OC)c2c(C(=O)NC(CCC(=O)OC3CCCCC3)C(=O)CCCN(C(C)C)C(C)C)cc(-c3ccccc3)nc2c1. The van der Waals surface area contributed by atoms with Gasteiger partial charge in [0, 0.05) is 42.6 Å². The van der Waals surface area contributed by atoms with Gasteiger partial charge >= 0.3 is 5.97 Å². The number of benzene rings is 2. The Morgan fingerprint density at radius 1 is 0.915 bits per heavy atom. The van der Waals surface area contributed by atoms with E-state index >= 15 is 0 Å². The molecule has 0 saturated heterocycles. The number of nitrogens with zero attached hydrogens (tertiary/aromatic N) is 2. The van der Waals surface area contributed by atoms with Crippen LogP contribution in [-0.2, 0) is 14.3 Å². The predicted octanol–water partition coefficient (Wildman–Crippen LogP) is 7.14. The Kier molecular flexibility index (Phi) is 13.2. The molecule has 254 valence electrons. The van der Waals surface area contributed by atoms with Crippen LogP contribution < -0.4 is 14.8 Å². The van der Waals surface area contributed by atoms with E-state index in [2.05, 4.69) is 37.9 Å². The molecule has 1 heterocycles. The predicted molar refractivity (Wildman–Crippen MR) is 185 cm³/mol. The quantitative estimate of drug-likeness (QED) is 0.164. The van der Waals surface area contributed by atoms with E-state index in [1.807, 2.05) is 30.3 Å². The van der Waals surface area contributed by atoms with Crippen molar-refractivity contribution in [2.75, 3.05) is 20.8 Å². The zero-order valence-corrected chi connectivity index (χ0v) is 28.8. The third-order valence-electron chi connectivity index (χ3n) is 8.96. The highest BCUT2D eigenvalue weighted by Crippen LogP contribution is 2.35. The zero-order valence-electron chi connectivity index (χ0n) is 28.8. The van der Waals surface area contributed by atoms with Gasteiger partial charge in [-0.15, -0.1) is 0 Å². The molecule has 9 heteroatoms. The van der Waals surface area contributed by atoms with E-state index in [0.717, 1.165) is 44.2 Å². The largest absolute Gasteiger partial charge is 0.497 e. The van der Waals surface area contributed by atoms with Gasteiger partial charge in [0.25, 0.3) is 5.91 Å². The number of hydrogen-bond donors (Lipinski definition) is 1. The highest BCUT2D eigenvalue weighted by molar-refractivity contribution is 6.10. The maximum absolute atomic E-state index is 14.2. The molecule has 9 nitrogen and oxygen atoms in total. The minimum absolute atomic E-state index is 0.0458. The van der Waals surface area contributed by atoms with E-state index in [1.165, 1.54) is 7.11 Å². The second-order valence-electron chi connectivity index (χ2n) is 13.0.